The number of carbonyl (C=O) groups excluding carboxylic acids is 2. The molecule has 21 heavy (non-hydrogen) atoms. The van der Waals surface area contributed by atoms with Crippen LogP contribution in [0.2, 0.25) is 0 Å². The SMILES string of the molecule is Cc1ccccc1/C=C/C(=O)O[C@@H](C)C(=O)NCC(C)C. The molecule has 0 fully saturated rings. The van der Waals surface area contributed by atoms with Crippen molar-refractivity contribution in [1.29, 1.82) is 0 Å². The number of benzene rings is 1. The second-order valence-electron chi connectivity index (χ2n) is 5.41. The Morgan fingerprint density at radius 1 is 1.24 bits per heavy atom. The molecule has 1 aromatic rings. The summed E-state index contributed by atoms with van der Waals surface area (Å²) in [5.74, 6) is -0.440. The van der Waals surface area contributed by atoms with Crippen LogP contribution in [-0.2, 0) is 14.3 Å². The van der Waals surface area contributed by atoms with Crippen LogP contribution in [-0.4, -0.2) is 24.5 Å². The molecule has 0 bridgehead atoms. The summed E-state index contributed by atoms with van der Waals surface area (Å²) in [6.45, 7) is 8.10. The maximum Gasteiger partial charge on any atom is 0.331 e. The van der Waals surface area contributed by atoms with Gasteiger partial charge in [0.05, 0.1) is 0 Å². The van der Waals surface area contributed by atoms with Gasteiger partial charge in [-0.1, -0.05) is 38.1 Å². The number of esters is 1. The Hall–Kier alpha value is -2.10. The molecule has 0 aliphatic rings. The molecule has 0 spiro atoms. The van der Waals surface area contributed by atoms with Crippen molar-refractivity contribution < 1.29 is 14.3 Å². The Labute approximate surface area is 126 Å². The van der Waals surface area contributed by atoms with Crippen LogP contribution in [0.3, 0.4) is 0 Å². The maximum absolute atomic E-state index is 11.7. The van der Waals surface area contributed by atoms with Crippen LogP contribution in [0, 0.1) is 12.8 Å². The molecule has 0 aliphatic heterocycles. The minimum atomic E-state index is -0.794. The largest absolute Gasteiger partial charge is 0.449 e. The second kappa shape index (κ2) is 8.25. The van der Waals surface area contributed by atoms with Crippen molar-refractivity contribution in [1.82, 2.24) is 5.32 Å². The van der Waals surface area contributed by atoms with E-state index in [1.807, 2.05) is 45.0 Å². The van der Waals surface area contributed by atoms with Gasteiger partial charge in [-0.3, -0.25) is 4.79 Å². The highest BCUT2D eigenvalue weighted by Gasteiger charge is 2.16. The lowest BCUT2D eigenvalue weighted by molar-refractivity contribution is -0.150. The molecule has 4 nitrogen and oxygen atoms in total. The molecule has 0 saturated heterocycles. The van der Waals surface area contributed by atoms with Gasteiger partial charge in [0.15, 0.2) is 6.10 Å². The molecule has 0 saturated carbocycles. The molecule has 1 atom stereocenters. The molecule has 0 aliphatic carbocycles. The Bertz CT molecular complexity index is 521. The average molecular weight is 289 g/mol. The minimum Gasteiger partial charge on any atom is -0.449 e. The molecule has 1 rings (SSSR count). The Kier molecular flexibility index (Phi) is 6.66. The zero-order valence-electron chi connectivity index (χ0n) is 13.1. The number of hydrogen-bond acceptors (Lipinski definition) is 3. The monoisotopic (exact) mass is 289 g/mol. The van der Waals surface area contributed by atoms with Gasteiger partial charge in [-0.2, -0.15) is 0 Å². The van der Waals surface area contributed by atoms with Gasteiger partial charge in [-0.15, -0.1) is 0 Å². The number of hydrogen-bond donors (Lipinski definition) is 1. The van der Waals surface area contributed by atoms with Crippen molar-refractivity contribution in [2.75, 3.05) is 6.54 Å². The lowest BCUT2D eigenvalue weighted by Crippen LogP contribution is -2.37. The smallest absolute Gasteiger partial charge is 0.331 e. The lowest BCUT2D eigenvalue weighted by Gasteiger charge is -2.13. The first-order valence-electron chi connectivity index (χ1n) is 7.12. The standard InChI is InChI=1S/C17H23NO3/c1-12(2)11-18-17(20)14(4)21-16(19)10-9-15-8-6-5-7-13(15)3/h5-10,12,14H,11H2,1-4H3,(H,18,20)/b10-9+/t14-/m0/s1. The van der Waals surface area contributed by atoms with Crippen LogP contribution in [0.4, 0.5) is 0 Å². The first kappa shape index (κ1) is 17.0. The Balaban J connectivity index is 2.50. The fraction of sp³-hybridized carbons (Fsp3) is 0.412. The highest BCUT2D eigenvalue weighted by atomic mass is 16.5. The number of nitrogens with one attached hydrogen (secondary N) is 1. The average Bonchev–Trinajstić information content (AvgIpc) is 2.43. The van der Waals surface area contributed by atoms with Crippen molar-refractivity contribution in [2.24, 2.45) is 5.92 Å². The summed E-state index contributed by atoms with van der Waals surface area (Å²) in [6.07, 6.45) is 2.24. The van der Waals surface area contributed by atoms with Gasteiger partial charge in [0.2, 0.25) is 0 Å². The van der Waals surface area contributed by atoms with E-state index in [0.717, 1.165) is 11.1 Å². The zero-order valence-corrected chi connectivity index (χ0v) is 13.1. The first-order valence-corrected chi connectivity index (χ1v) is 7.12. The van der Waals surface area contributed by atoms with Crippen LogP contribution < -0.4 is 5.32 Å². The highest BCUT2D eigenvalue weighted by molar-refractivity contribution is 5.90. The molecule has 1 N–H and O–H groups in total. The molecular formula is C17H23NO3. The molecule has 0 radical (unpaired) electrons. The predicted molar refractivity (Wildman–Crippen MR) is 83.6 cm³/mol. The van der Waals surface area contributed by atoms with E-state index in [0.29, 0.717) is 12.5 Å². The van der Waals surface area contributed by atoms with Gasteiger partial charge in [-0.25, -0.2) is 4.79 Å². The van der Waals surface area contributed by atoms with E-state index in [1.54, 1.807) is 13.0 Å². The quantitative estimate of drug-likeness (QED) is 0.647. The minimum absolute atomic E-state index is 0.277. The van der Waals surface area contributed by atoms with E-state index in [1.165, 1.54) is 6.08 Å². The van der Waals surface area contributed by atoms with E-state index in [4.69, 9.17) is 4.74 Å². The number of carbonyl (C=O) groups is 2. The molecule has 0 unspecified atom stereocenters. The molecular weight excluding hydrogens is 266 g/mol. The van der Waals surface area contributed by atoms with E-state index >= 15 is 0 Å². The highest BCUT2D eigenvalue weighted by Crippen LogP contribution is 2.09. The zero-order chi connectivity index (χ0) is 15.8. The van der Waals surface area contributed by atoms with E-state index in [9.17, 15) is 9.59 Å². The summed E-state index contributed by atoms with van der Waals surface area (Å²) in [7, 11) is 0. The number of amides is 1. The van der Waals surface area contributed by atoms with Crippen molar-refractivity contribution in [3.05, 3.63) is 41.5 Å². The number of aryl methyl sites for hydroxylation is 1. The van der Waals surface area contributed by atoms with Crippen LogP contribution >= 0.6 is 0 Å². The van der Waals surface area contributed by atoms with Crippen molar-refractivity contribution in [3.8, 4) is 0 Å². The molecule has 4 heteroatoms. The summed E-state index contributed by atoms with van der Waals surface area (Å²) in [4.78, 5) is 23.4. The summed E-state index contributed by atoms with van der Waals surface area (Å²) < 4.78 is 5.07. The van der Waals surface area contributed by atoms with Gasteiger partial charge >= 0.3 is 5.97 Å². The normalized spacial score (nSPS) is 12.4. The number of ether oxygens (including phenoxy) is 1. The van der Waals surface area contributed by atoms with Gasteiger partial charge in [0.25, 0.3) is 5.91 Å². The fourth-order valence-corrected chi connectivity index (χ4v) is 1.65. The summed E-state index contributed by atoms with van der Waals surface area (Å²) in [6, 6.07) is 7.72. The third-order valence-electron chi connectivity index (χ3n) is 2.93. The van der Waals surface area contributed by atoms with E-state index < -0.39 is 12.1 Å². The molecule has 0 aromatic heterocycles. The van der Waals surface area contributed by atoms with E-state index in [2.05, 4.69) is 5.32 Å². The van der Waals surface area contributed by atoms with Gasteiger partial charge in [0, 0.05) is 12.6 Å². The van der Waals surface area contributed by atoms with Gasteiger partial charge in [-0.05, 0) is 37.0 Å². The molecule has 114 valence electrons. The third kappa shape index (κ3) is 6.25. The van der Waals surface area contributed by atoms with Gasteiger partial charge < -0.3 is 10.1 Å². The Morgan fingerprint density at radius 3 is 2.52 bits per heavy atom. The van der Waals surface area contributed by atoms with Gasteiger partial charge in [0.1, 0.15) is 0 Å². The van der Waals surface area contributed by atoms with Crippen molar-refractivity contribution in [2.45, 2.75) is 33.8 Å². The summed E-state index contributed by atoms with van der Waals surface area (Å²) in [5, 5.41) is 2.73. The van der Waals surface area contributed by atoms with Crippen LogP contribution in [0.25, 0.3) is 6.08 Å². The van der Waals surface area contributed by atoms with Crippen molar-refractivity contribution >= 4 is 18.0 Å². The first-order chi connectivity index (χ1) is 9.90. The van der Waals surface area contributed by atoms with Crippen molar-refractivity contribution in [3.63, 3.8) is 0 Å². The summed E-state index contributed by atoms with van der Waals surface area (Å²) >= 11 is 0. The van der Waals surface area contributed by atoms with Crippen LogP contribution in [0.1, 0.15) is 31.9 Å². The molecule has 1 aromatic carbocycles. The topological polar surface area (TPSA) is 55.4 Å². The third-order valence-corrected chi connectivity index (χ3v) is 2.93. The second-order valence-corrected chi connectivity index (χ2v) is 5.41. The fourth-order valence-electron chi connectivity index (χ4n) is 1.65. The Morgan fingerprint density at radius 2 is 1.90 bits per heavy atom. The van der Waals surface area contributed by atoms with E-state index in [-0.39, 0.29) is 5.91 Å². The van der Waals surface area contributed by atoms with Crippen LogP contribution in [0.15, 0.2) is 30.3 Å². The maximum atomic E-state index is 11.7. The van der Waals surface area contributed by atoms with Crippen LogP contribution in [0.5, 0.6) is 0 Å². The molecule has 0 heterocycles. The molecule has 1 amide bonds. The predicted octanol–water partition coefficient (Wildman–Crippen LogP) is 2.71. The summed E-state index contributed by atoms with van der Waals surface area (Å²) in [5.41, 5.74) is 2.02. The number of rotatable bonds is 6. The lowest BCUT2D eigenvalue weighted by atomic mass is 10.1.